The highest BCUT2D eigenvalue weighted by Crippen LogP contribution is 2.38. The van der Waals surface area contributed by atoms with Crippen LogP contribution < -0.4 is 19.7 Å². The molecule has 0 bridgehead atoms. The Labute approximate surface area is 126 Å². The number of rotatable bonds is 3. The van der Waals surface area contributed by atoms with Crippen LogP contribution in [0.15, 0.2) is 18.2 Å². The predicted octanol–water partition coefficient (Wildman–Crippen LogP) is 2.42. The van der Waals surface area contributed by atoms with Gasteiger partial charge in [-0.15, -0.1) is 0 Å². The first-order valence-electron chi connectivity index (χ1n) is 8.25. The van der Waals surface area contributed by atoms with Crippen molar-refractivity contribution in [2.75, 3.05) is 31.2 Å². The van der Waals surface area contributed by atoms with Gasteiger partial charge in [-0.05, 0) is 37.3 Å². The summed E-state index contributed by atoms with van der Waals surface area (Å²) in [6.07, 6.45) is 3.95. The smallest absolute Gasteiger partial charge is 0.163 e. The first-order chi connectivity index (χ1) is 10.3. The molecule has 0 spiro atoms. The quantitative estimate of drug-likeness (QED) is 0.926. The third kappa shape index (κ3) is 2.57. The van der Waals surface area contributed by atoms with Gasteiger partial charge in [-0.2, -0.15) is 0 Å². The maximum Gasteiger partial charge on any atom is 0.163 e. The van der Waals surface area contributed by atoms with Crippen LogP contribution in [0.3, 0.4) is 0 Å². The molecule has 0 radical (unpaired) electrons. The van der Waals surface area contributed by atoms with Crippen molar-refractivity contribution >= 4 is 5.69 Å². The van der Waals surface area contributed by atoms with Gasteiger partial charge in [-0.1, -0.05) is 6.92 Å². The van der Waals surface area contributed by atoms with Crippen molar-refractivity contribution in [2.24, 2.45) is 5.92 Å². The Morgan fingerprint density at radius 2 is 2.00 bits per heavy atom. The summed E-state index contributed by atoms with van der Waals surface area (Å²) in [7, 11) is 0. The van der Waals surface area contributed by atoms with Crippen molar-refractivity contribution in [3.63, 3.8) is 0 Å². The number of hydrogen-bond donors (Lipinski definition) is 1. The normalized spacial score (nSPS) is 28.5. The fourth-order valence-corrected chi connectivity index (χ4v) is 3.53. The minimum atomic E-state index is 0.572. The van der Waals surface area contributed by atoms with Crippen molar-refractivity contribution in [2.45, 2.75) is 38.3 Å². The second kappa shape index (κ2) is 5.41. The lowest BCUT2D eigenvalue weighted by Gasteiger charge is -2.42. The number of ether oxygens (including phenoxy) is 2. The highest BCUT2D eigenvalue weighted by atomic mass is 16.6. The Balaban J connectivity index is 1.59. The lowest BCUT2D eigenvalue weighted by atomic mass is 10.0. The summed E-state index contributed by atoms with van der Waals surface area (Å²) in [5.41, 5.74) is 1.28. The molecule has 2 heterocycles. The molecule has 1 aliphatic carbocycles. The maximum absolute atomic E-state index is 5.74. The van der Waals surface area contributed by atoms with Crippen molar-refractivity contribution in [1.29, 1.82) is 0 Å². The van der Waals surface area contributed by atoms with Crippen LogP contribution in [0.2, 0.25) is 0 Å². The molecule has 1 saturated heterocycles. The van der Waals surface area contributed by atoms with E-state index >= 15 is 0 Å². The van der Waals surface area contributed by atoms with Crippen LogP contribution in [0, 0.1) is 5.92 Å². The molecule has 0 aromatic heterocycles. The topological polar surface area (TPSA) is 33.7 Å². The third-order valence-corrected chi connectivity index (χ3v) is 4.97. The molecule has 1 aromatic carbocycles. The van der Waals surface area contributed by atoms with E-state index in [4.69, 9.17) is 9.47 Å². The molecule has 2 aliphatic heterocycles. The maximum atomic E-state index is 5.74. The summed E-state index contributed by atoms with van der Waals surface area (Å²) in [6.45, 7) is 5.78. The first kappa shape index (κ1) is 13.3. The fourth-order valence-electron chi connectivity index (χ4n) is 3.53. The summed E-state index contributed by atoms with van der Waals surface area (Å²) >= 11 is 0. The van der Waals surface area contributed by atoms with E-state index in [1.54, 1.807) is 0 Å². The van der Waals surface area contributed by atoms with E-state index in [-0.39, 0.29) is 0 Å². The van der Waals surface area contributed by atoms with Gasteiger partial charge >= 0.3 is 0 Å². The summed E-state index contributed by atoms with van der Waals surface area (Å²) in [5.74, 6) is 2.67. The van der Waals surface area contributed by atoms with Gasteiger partial charge in [0.2, 0.25) is 0 Å². The Kier molecular flexibility index (Phi) is 3.42. The van der Waals surface area contributed by atoms with Crippen molar-refractivity contribution in [3.8, 4) is 11.5 Å². The highest BCUT2D eigenvalue weighted by Gasteiger charge is 2.37. The van der Waals surface area contributed by atoms with Crippen LogP contribution >= 0.6 is 0 Å². The second-order valence-corrected chi connectivity index (χ2v) is 6.39. The minimum Gasteiger partial charge on any atom is -0.486 e. The molecule has 1 aromatic rings. The lowest BCUT2D eigenvalue weighted by Crippen LogP contribution is -2.57. The van der Waals surface area contributed by atoms with E-state index in [1.165, 1.54) is 24.9 Å². The van der Waals surface area contributed by atoms with Gasteiger partial charge in [0.15, 0.2) is 11.5 Å². The van der Waals surface area contributed by atoms with Crippen LogP contribution in [0.1, 0.15) is 26.2 Å². The zero-order valence-corrected chi connectivity index (χ0v) is 12.7. The minimum absolute atomic E-state index is 0.572. The Morgan fingerprint density at radius 1 is 1.19 bits per heavy atom. The van der Waals surface area contributed by atoms with E-state index in [0.29, 0.717) is 25.3 Å². The monoisotopic (exact) mass is 288 g/mol. The molecule has 3 aliphatic rings. The van der Waals surface area contributed by atoms with Gasteiger partial charge < -0.3 is 19.7 Å². The number of hydrogen-bond acceptors (Lipinski definition) is 4. The average molecular weight is 288 g/mol. The van der Waals surface area contributed by atoms with E-state index < -0.39 is 0 Å². The summed E-state index contributed by atoms with van der Waals surface area (Å²) in [6, 6.07) is 7.63. The largest absolute Gasteiger partial charge is 0.486 e. The Hall–Kier alpha value is -1.42. The van der Waals surface area contributed by atoms with Gasteiger partial charge in [-0.3, -0.25) is 0 Å². The lowest BCUT2D eigenvalue weighted by molar-refractivity contribution is 0.171. The van der Waals surface area contributed by atoms with Crippen LogP contribution in [0.25, 0.3) is 0 Å². The Bertz CT molecular complexity index is 516. The summed E-state index contributed by atoms with van der Waals surface area (Å²) in [5, 5.41) is 3.75. The molecule has 0 amide bonds. The molecular formula is C17H24N2O2. The number of benzene rings is 1. The van der Waals surface area contributed by atoms with Gasteiger partial charge in [-0.25, -0.2) is 0 Å². The number of nitrogens with zero attached hydrogens (tertiary/aromatic N) is 1. The number of nitrogens with one attached hydrogen (secondary N) is 1. The Morgan fingerprint density at radius 3 is 2.76 bits per heavy atom. The molecule has 21 heavy (non-hydrogen) atoms. The van der Waals surface area contributed by atoms with Gasteiger partial charge in [0.05, 0.1) is 0 Å². The van der Waals surface area contributed by atoms with Crippen LogP contribution in [-0.4, -0.2) is 38.4 Å². The van der Waals surface area contributed by atoms with Crippen LogP contribution in [0.5, 0.6) is 11.5 Å². The van der Waals surface area contributed by atoms with Crippen molar-refractivity contribution in [1.82, 2.24) is 5.32 Å². The van der Waals surface area contributed by atoms with E-state index in [0.717, 1.165) is 30.5 Å². The molecular weight excluding hydrogens is 264 g/mol. The van der Waals surface area contributed by atoms with Crippen molar-refractivity contribution in [3.05, 3.63) is 18.2 Å². The van der Waals surface area contributed by atoms with E-state index in [2.05, 4.69) is 35.3 Å². The van der Waals surface area contributed by atoms with Gasteiger partial charge in [0.1, 0.15) is 13.2 Å². The molecule has 4 rings (SSSR count). The fraction of sp³-hybridized carbons (Fsp3) is 0.647. The molecule has 2 fully saturated rings. The summed E-state index contributed by atoms with van der Waals surface area (Å²) in [4.78, 5) is 2.57. The molecule has 1 N–H and O–H groups in total. The molecule has 4 nitrogen and oxygen atoms in total. The standard InChI is InChI=1S/C17H24N2O2/c1-2-13-10-18-15(12-3-4-12)11-19(13)14-5-6-16-17(9-14)21-8-7-20-16/h5-6,9,12-13,15,18H,2-4,7-8,10-11H2,1H3. The van der Waals surface area contributed by atoms with Gasteiger partial charge in [0, 0.05) is 36.9 Å². The van der Waals surface area contributed by atoms with Gasteiger partial charge in [0.25, 0.3) is 0 Å². The number of anilines is 1. The molecule has 2 atom stereocenters. The molecule has 2 unspecified atom stereocenters. The molecule has 4 heteroatoms. The first-order valence-corrected chi connectivity index (χ1v) is 8.25. The zero-order chi connectivity index (χ0) is 14.2. The second-order valence-electron chi connectivity index (χ2n) is 6.39. The summed E-state index contributed by atoms with van der Waals surface area (Å²) < 4.78 is 11.4. The van der Waals surface area contributed by atoms with Crippen molar-refractivity contribution < 1.29 is 9.47 Å². The zero-order valence-electron chi connectivity index (χ0n) is 12.7. The van der Waals surface area contributed by atoms with E-state index in [1.807, 2.05) is 0 Å². The van der Waals surface area contributed by atoms with Crippen LogP contribution in [0.4, 0.5) is 5.69 Å². The number of fused-ring (bicyclic) bond motifs is 1. The molecule has 114 valence electrons. The third-order valence-electron chi connectivity index (χ3n) is 4.97. The van der Waals surface area contributed by atoms with E-state index in [9.17, 15) is 0 Å². The SMILES string of the molecule is CCC1CNC(C2CC2)CN1c1ccc2c(c1)OCCO2. The number of piperazine rings is 1. The predicted molar refractivity (Wildman–Crippen MR) is 83.4 cm³/mol. The average Bonchev–Trinajstić information content (AvgIpc) is 3.39. The van der Waals surface area contributed by atoms with Crippen LogP contribution in [-0.2, 0) is 0 Å². The molecule has 1 saturated carbocycles. The highest BCUT2D eigenvalue weighted by molar-refractivity contribution is 5.58.